The Labute approximate surface area is 168 Å². The summed E-state index contributed by atoms with van der Waals surface area (Å²) in [5, 5.41) is 2.95. The fraction of sp³-hybridized carbons (Fsp3) is 0.450. The number of thiazole rings is 1. The van der Waals surface area contributed by atoms with E-state index in [4.69, 9.17) is 14.2 Å². The minimum Gasteiger partial charge on any atom is -0.487 e. The number of ether oxygens (including phenoxy) is 3. The lowest BCUT2D eigenvalue weighted by atomic mass is 10.2. The van der Waals surface area contributed by atoms with Crippen molar-refractivity contribution in [2.45, 2.75) is 39.6 Å². The van der Waals surface area contributed by atoms with Crippen molar-refractivity contribution in [3.05, 3.63) is 45.9 Å². The number of hydrogen-bond donors (Lipinski definition) is 0. The van der Waals surface area contributed by atoms with Gasteiger partial charge in [-0.05, 0) is 45.0 Å². The lowest BCUT2D eigenvalue weighted by molar-refractivity contribution is -0.146. The number of aromatic nitrogens is 1. The van der Waals surface area contributed by atoms with Crippen molar-refractivity contribution in [3.63, 3.8) is 0 Å². The number of amides is 1. The molecule has 2 aromatic rings. The van der Waals surface area contributed by atoms with Gasteiger partial charge in [-0.3, -0.25) is 4.79 Å². The first-order valence-electron chi connectivity index (χ1n) is 9.15. The number of esters is 1. The molecule has 1 aliphatic rings. The number of aryl methyl sites for hydroxylation is 1. The van der Waals surface area contributed by atoms with Crippen molar-refractivity contribution in [1.29, 1.82) is 0 Å². The van der Waals surface area contributed by atoms with Crippen LogP contribution in [0.4, 0.5) is 0 Å². The van der Waals surface area contributed by atoms with Crippen molar-refractivity contribution >= 4 is 23.2 Å². The first-order chi connectivity index (χ1) is 13.4. The Morgan fingerprint density at radius 2 is 1.89 bits per heavy atom. The van der Waals surface area contributed by atoms with Gasteiger partial charge in [0.05, 0.1) is 28.5 Å². The van der Waals surface area contributed by atoms with E-state index in [1.807, 2.05) is 26.2 Å². The van der Waals surface area contributed by atoms with Gasteiger partial charge in [-0.1, -0.05) is 0 Å². The molecule has 0 bridgehead atoms. The molecular formula is C20H24N2O5S. The largest absolute Gasteiger partial charge is 0.487 e. The summed E-state index contributed by atoms with van der Waals surface area (Å²) < 4.78 is 16.4. The summed E-state index contributed by atoms with van der Waals surface area (Å²) >= 11 is 1.57. The van der Waals surface area contributed by atoms with Gasteiger partial charge in [0.1, 0.15) is 12.4 Å². The summed E-state index contributed by atoms with van der Waals surface area (Å²) in [7, 11) is 0. The smallest absolute Gasteiger partial charge is 0.338 e. The molecule has 28 heavy (non-hydrogen) atoms. The third-order valence-electron chi connectivity index (χ3n) is 4.24. The van der Waals surface area contributed by atoms with Crippen molar-refractivity contribution < 1.29 is 23.8 Å². The molecule has 0 aliphatic carbocycles. The lowest BCUT2D eigenvalue weighted by Crippen LogP contribution is -2.49. The second kappa shape index (κ2) is 9.16. The molecule has 8 heteroatoms. The average Bonchev–Trinajstić information content (AvgIpc) is 3.09. The molecule has 0 radical (unpaired) electrons. The third kappa shape index (κ3) is 5.53. The van der Waals surface area contributed by atoms with Crippen molar-refractivity contribution in [2.75, 3.05) is 19.7 Å². The fourth-order valence-electron chi connectivity index (χ4n) is 3.00. The Kier molecular flexibility index (Phi) is 6.64. The Morgan fingerprint density at radius 3 is 2.50 bits per heavy atom. The maximum Gasteiger partial charge on any atom is 0.338 e. The highest BCUT2D eigenvalue weighted by atomic mass is 32.1. The van der Waals surface area contributed by atoms with Gasteiger partial charge in [0, 0.05) is 18.5 Å². The number of hydrogen-bond acceptors (Lipinski definition) is 7. The molecule has 3 rings (SSSR count). The third-order valence-corrected chi connectivity index (χ3v) is 5.06. The Hall–Kier alpha value is -2.45. The van der Waals surface area contributed by atoms with Gasteiger partial charge in [0.2, 0.25) is 0 Å². The zero-order valence-electron chi connectivity index (χ0n) is 16.2. The van der Waals surface area contributed by atoms with E-state index in [9.17, 15) is 9.59 Å². The van der Waals surface area contributed by atoms with Crippen LogP contribution in [0.5, 0.6) is 5.75 Å². The fourth-order valence-corrected chi connectivity index (χ4v) is 3.60. The van der Waals surface area contributed by atoms with Crippen LogP contribution in [0.15, 0.2) is 29.6 Å². The first kappa shape index (κ1) is 20.3. The molecule has 1 saturated heterocycles. The highest BCUT2D eigenvalue weighted by molar-refractivity contribution is 7.09. The highest BCUT2D eigenvalue weighted by Gasteiger charge is 2.26. The SMILES string of the molecule is Cc1nc(COc2ccc(C(=O)OCC(=O)N3C[C@@H](C)O[C@@H](C)C3)cc2)cs1. The van der Waals surface area contributed by atoms with Gasteiger partial charge in [-0.25, -0.2) is 9.78 Å². The summed E-state index contributed by atoms with van der Waals surface area (Å²) in [5.74, 6) is -0.118. The Morgan fingerprint density at radius 1 is 1.21 bits per heavy atom. The Bertz CT molecular complexity index is 810. The molecule has 0 unspecified atom stereocenters. The number of benzene rings is 1. The summed E-state index contributed by atoms with van der Waals surface area (Å²) in [6, 6.07) is 6.63. The molecule has 1 aromatic heterocycles. The molecule has 1 aliphatic heterocycles. The molecule has 2 heterocycles. The van der Waals surface area contributed by atoms with E-state index in [1.54, 1.807) is 40.5 Å². The normalized spacial score (nSPS) is 19.3. The van der Waals surface area contributed by atoms with Crippen LogP contribution in [0.1, 0.15) is 34.9 Å². The van der Waals surface area contributed by atoms with Gasteiger partial charge in [-0.2, -0.15) is 0 Å². The van der Waals surface area contributed by atoms with Crippen molar-refractivity contribution in [3.8, 4) is 5.75 Å². The summed E-state index contributed by atoms with van der Waals surface area (Å²) in [4.78, 5) is 30.5. The lowest BCUT2D eigenvalue weighted by Gasteiger charge is -2.35. The second-order valence-corrected chi connectivity index (χ2v) is 7.87. The Balaban J connectivity index is 1.47. The second-order valence-electron chi connectivity index (χ2n) is 6.80. The van der Waals surface area contributed by atoms with Crippen LogP contribution in [-0.4, -0.2) is 53.7 Å². The van der Waals surface area contributed by atoms with Gasteiger partial charge in [0.25, 0.3) is 5.91 Å². The zero-order chi connectivity index (χ0) is 20.1. The van der Waals surface area contributed by atoms with Crippen LogP contribution in [0.3, 0.4) is 0 Å². The summed E-state index contributed by atoms with van der Waals surface area (Å²) in [5.41, 5.74) is 1.24. The van der Waals surface area contributed by atoms with Crippen LogP contribution >= 0.6 is 11.3 Å². The van der Waals surface area contributed by atoms with E-state index in [2.05, 4.69) is 4.98 Å². The predicted octanol–water partition coefficient (Wildman–Crippen LogP) is 2.82. The molecule has 0 spiro atoms. The van der Waals surface area contributed by atoms with E-state index < -0.39 is 5.97 Å². The number of carbonyl (C=O) groups is 2. The van der Waals surface area contributed by atoms with Gasteiger partial charge >= 0.3 is 5.97 Å². The van der Waals surface area contributed by atoms with Crippen molar-refractivity contribution in [1.82, 2.24) is 9.88 Å². The molecule has 0 saturated carbocycles. The minimum absolute atomic E-state index is 0.0239. The van der Waals surface area contributed by atoms with E-state index in [1.165, 1.54) is 0 Å². The van der Waals surface area contributed by atoms with Crippen LogP contribution in [0, 0.1) is 6.92 Å². The monoisotopic (exact) mass is 404 g/mol. The quantitative estimate of drug-likeness (QED) is 0.689. The van der Waals surface area contributed by atoms with Gasteiger partial charge in [-0.15, -0.1) is 11.3 Å². The van der Waals surface area contributed by atoms with E-state index in [0.717, 1.165) is 10.7 Å². The maximum atomic E-state index is 12.3. The average molecular weight is 404 g/mol. The van der Waals surface area contributed by atoms with Crippen LogP contribution < -0.4 is 4.74 Å². The highest BCUT2D eigenvalue weighted by Crippen LogP contribution is 2.16. The van der Waals surface area contributed by atoms with E-state index >= 15 is 0 Å². The van der Waals surface area contributed by atoms with Crippen LogP contribution in [0.25, 0.3) is 0 Å². The van der Waals surface area contributed by atoms with Crippen LogP contribution in [0.2, 0.25) is 0 Å². The molecule has 7 nitrogen and oxygen atoms in total. The predicted molar refractivity (Wildman–Crippen MR) is 104 cm³/mol. The topological polar surface area (TPSA) is 78.0 Å². The van der Waals surface area contributed by atoms with Gasteiger partial charge in [0.15, 0.2) is 6.61 Å². The molecule has 1 amide bonds. The summed E-state index contributed by atoms with van der Waals surface area (Å²) in [6.45, 7) is 6.89. The molecule has 2 atom stereocenters. The van der Waals surface area contributed by atoms with Crippen LogP contribution in [-0.2, 0) is 20.9 Å². The number of nitrogens with zero attached hydrogens (tertiary/aromatic N) is 2. The number of morpholine rings is 1. The molecule has 1 aromatic carbocycles. The van der Waals surface area contributed by atoms with Crippen molar-refractivity contribution in [2.24, 2.45) is 0 Å². The first-order valence-corrected chi connectivity index (χ1v) is 10.0. The van der Waals surface area contributed by atoms with Gasteiger partial charge < -0.3 is 19.1 Å². The number of carbonyl (C=O) groups excluding carboxylic acids is 2. The molecular weight excluding hydrogens is 380 g/mol. The minimum atomic E-state index is -0.538. The maximum absolute atomic E-state index is 12.3. The molecule has 150 valence electrons. The van der Waals surface area contributed by atoms with E-state index in [-0.39, 0.29) is 24.7 Å². The zero-order valence-corrected chi connectivity index (χ0v) is 17.0. The van der Waals surface area contributed by atoms with E-state index in [0.29, 0.717) is 31.0 Å². The number of rotatable bonds is 6. The summed E-state index contributed by atoms with van der Waals surface area (Å²) in [6.07, 6.45) is -0.0479. The standard InChI is InChI=1S/C20H24N2O5S/c1-13-8-22(9-14(2)27-13)19(23)11-26-20(24)16-4-6-18(7-5-16)25-10-17-12-28-15(3)21-17/h4-7,12-14H,8-11H2,1-3H3/t13-,14+. The molecule has 0 N–H and O–H groups in total. The molecule has 1 fully saturated rings.